The van der Waals surface area contributed by atoms with E-state index in [9.17, 15) is 23.6 Å². The van der Waals surface area contributed by atoms with Crippen molar-refractivity contribution in [3.05, 3.63) is 47.3 Å². The first-order valence-electron chi connectivity index (χ1n) is 12.2. The van der Waals surface area contributed by atoms with Gasteiger partial charge in [-0.05, 0) is 64.0 Å². The molecule has 3 rings (SSSR count). The molecule has 1 aromatic rings. The molecule has 0 unspecified atom stereocenters. The topological polar surface area (TPSA) is 113 Å². The number of nitriles is 1. The van der Waals surface area contributed by atoms with E-state index in [1.54, 1.807) is 0 Å². The van der Waals surface area contributed by atoms with Gasteiger partial charge in [-0.1, -0.05) is 6.42 Å². The number of carbonyl (C=O) groups is 2. The summed E-state index contributed by atoms with van der Waals surface area (Å²) in [5, 5.41) is 15.3. The predicted octanol–water partition coefficient (Wildman–Crippen LogP) is 4.19. The van der Waals surface area contributed by atoms with Gasteiger partial charge >= 0.3 is 0 Å². The molecular weight excluding hydrogens is 482 g/mol. The molecule has 1 aliphatic heterocycles. The first-order valence-corrected chi connectivity index (χ1v) is 12.2. The van der Waals surface area contributed by atoms with E-state index in [1.165, 1.54) is 32.2 Å². The number of rotatable bonds is 8. The van der Waals surface area contributed by atoms with Crippen molar-refractivity contribution < 1.29 is 27.8 Å². The number of allylic oxidation sites excluding steroid dienone is 3. The third-order valence-electron chi connectivity index (χ3n) is 6.90. The van der Waals surface area contributed by atoms with Crippen LogP contribution in [0.4, 0.5) is 8.78 Å². The zero-order valence-electron chi connectivity index (χ0n) is 21.1. The molecule has 2 fully saturated rings. The molecule has 2 amide bonds. The minimum atomic E-state index is -1.11. The van der Waals surface area contributed by atoms with Gasteiger partial charge in [-0.15, -0.1) is 0 Å². The van der Waals surface area contributed by atoms with Gasteiger partial charge in [0.2, 0.25) is 11.8 Å². The van der Waals surface area contributed by atoms with Gasteiger partial charge in [0, 0.05) is 42.4 Å². The van der Waals surface area contributed by atoms with Crippen LogP contribution in [-0.4, -0.2) is 44.9 Å². The number of methoxy groups -OCH3 is 1. The van der Waals surface area contributed by atoms with E-state index in [0.717, 1.165) is 6.07 Å². The third-order valence-corrected chi connectivity index (χ3v) is 6.90. The number of halogens is 2. The van der Waals surface area contributed by atoms with E-state index in [0.29, 0.717) is 57.3 Å². The summed E-state index contributed by atoms with van der Waals surface area (Å²) in [6.45, 7) is 5.43. The highest BCUT2D eigenvalue weighted by Gasteiger charge is 2.42. The van der Waals surface area contributed by atoms with Crippen molar-refractivity contribution in [2.75, 3.05) is 20.3 Å². The van der Waals surface area contributed by atoms with Crippen molar-refractivity contribution in [1.29, 1.82) is 5.26 Å². The van der Waals surface area contributed by atoms with Crippen LogP contribution in [0.15, 0.2) is 40.9 Å². The van der Waals surface area contributed by atoms with E-state index in [4.69, 9.17) is 9.47 Å². The van der Waals surface area contributed by atoms with Gasteiger partial charge in [-0.3, -0.25) is 9.59 Å². The van der Waals surface area contributed by atoms with Gasteiger partial charge in [-0.2, -0.15) is 5.26 Å². The van der Waals surface area contributed by atoms with Crippen LogP contribution in [0, 0.1) is 28.5 Å². The number of hydrogen-bond acceptors (Lipinski definition) is 6. The minimum absolute atomic E-state index is 0.0279. The van der Waals surface area contributed by atoms with Gasteiger partial charge in [0.05, 0.1) is 13.2 Å². The summed E-state index contributed by atoms with van der Waals surface area (Å²) < 4.78 is 38.6. The maximum Gasteiger partial charge on any atom is 0.240 e. The van der Waals surface area contributed by atoms with E-state index in [-0.39, 0.29) is 35.0 Å². The lowest BCUT2D eigenvalue weighted by molar-refractivity contribution is -0.134. The largest absolute Gasteiger partial charge is 0.496 e. The van der Waals surface area contributed by atoms with E-state index < -0.39 is 23.0 Å². The molecule has 1 saturated heterocycles. The Morgan fingerprint density at radius 2 is 2.05 bits per heavy atom. The molecule has 37 heavy (non-hydrogen) atoms. The van der Waals surface area contributed by atoms with Crippen LogP contribution < -0.4 is 15.4 Å². The number of amides is 2. The Morgan fingerprint density at radius 3 is 2.68 bits per heavy atom. The highest BCUT2D eigenvalue weighted by Crippen LogP contribution is 2.33. The predicted molar refractivity (Wildman–Crippen MR) is 134 cm³/mol. The molecule has 0 bridgehead atoms. The van der Waals surface area contributed by atoms with Gasteiger partial charge in [-0.25, -0.2) is 13.8 Å². The Kier molecular flexibility index (Phi) is 9.53. The van der Waals surface area contributed by atoms with Crippen LogP contribution in [0.25, 0.3) is 5.57 Å². The van der Waals surface area contributed by atoms with Crippen molar-refractivity contribution in [3.8, 4) is 11.8 Å². The number of ether oxygens (including phenoxy) is 2. The molecule has 1 aromatic carbocycles. The van der Waals surface area contributed by atoms with Crippen molar-refractivity contribution in [3.63, 3.8) is 0 Å². The molecule has 1 heterocycles. The highest BCUT2D eigenvalue weighted by molar-refractivity contribution is 5.86. The summed E-state index contributed by atoms with van der Waals surface area (Å²) >= 11 is 0. The van der Waals surface area contributed by atoms with Crippen LogP contribution in [0.2, 0.25) is 0 Å². The van der Waals surface area contributed by atoms with E-state index >= 15 is 0 Å². The summed E-state index contributed by atoms with van der Waals surface area (Å²) in [6, 6.07) is 5.62. The molecule has 198 valence electrons. The molecule has 2 aliphatic rings. The Balaban J connectivity index is 1.71. The molecule has 2 N–H and O–H groups in total. The van der Waals surface area contributed by atoms with Crippen LogP contribution in [-0.2, 0) is 14.3 Å². The van der Waals surface area contributed by atoms with Crippen molar-refractivity contribution in [2.45, 2.75) is 51.5 Å². The molecule has 8 nitrogen and oxygen atoms in total. The third kappa shape index (κ3) is 6.80. The molecule has 0 radical (unpaired) electrons. The Morgan fingerprint density at radius 1 is 1.32 bits per heavy atom. The number of nitrogens with one attached hydrogen (secondary N) is 2. The number of nitrogens with zero attached hydrogens (tertiary/aromatic N) is 2. The van der Waals surface area contributed by atoms with Gasteiger partial charge < -0.3 is 20.1 Å². The molecule has 1 aliphatic carbocycles. The Bertz CT molecular complexity index is 1130. The Hall–Kier alpha value is -3.58. The van der Waals surface area contributed by atoms with Crippen molar-refractivity contribution >= 4 is 24.1 Å². The Labute approximate surface area is 215 Å². The number of hydrogen-bond donors (Lipinski definition) is 2. The van der Waals surface area contributed by atoms with E-state index in [1.807, 2.05) is 0 Å². The van der Waals surface area contributed by atoms with Crippen molar-refractivity contribution in [1.82, 2.24) is 10.6 Å². The minimum Gasteiger partial charge on any atom is -0.496 e. The second kappa shape index (κ2) is 12.6. The first-order chi connectivity index (χ1) is 17.7. The average molecular weight is 515 g/mol. The van der Waals surface area contributed by atoms with Crippen LogP contribution in [0.5, 0.6) is 5.75 Å². The van der Waals surface area contributed by atoms with Crippen LogP contribution in [0.3, 0.4) is 0 Å². The van der Waals surface area contributed by atoms with Gasteiger partial charge in [0.1, 0.15) is 28.6 Å². The molecule has 1 saturated carbocycles. The lowest BCUT2D eigenvalue weighted by atomic mass is 9.79. The fourth-order valence-corrected chi connectivity index (χ4v) is 4.73. The summed E-state index contributed by atoms with van der Waals surface area (Å²) in [6.07, 6.45) is 4.43. The second-order valence-corrected chi connectivity index (χ2v) is 9.31. The maximum atomic E-state index is 14.5. The summed E-state index contributed by atoms with van der Waals surface area (Å²) in [5.74, 6) is -2.04. The summed E-state index contributed by atoms with van der Waals surface area (Å²) in [7, 11) is 1.35. The average Bonchev–Trinajstić information content (AvgIpc) is 2.91. The number of carbonyl (C=O) groups excluding carboxylic acids is 2. The standard InChI is InChI=1S/C27H32F2N4O4/c1-17(28)22(21-8-7-19(29)14-23(21)36-3)15-24(31-2)33-25(34)18-5-4-6-20(13-18)32-26(35)27(16-30)9-11-37-12-10-27/h7-8,14-15,18,20H,2,4-6,9-13H2,1,3H3,(H,32,35)(H,33,34)/b22-17-,24-15+/t18-,20+/m0/s1. The maximum absolute atomic E-state index is 14.5. The molecule has 0 spiro atoms. The lowest BCUT2D eigenvalue weighted by Gasteiger charge is -2.34. The fraction of sp³-hybridized carbons (Fsp3) is 0.481. The fourth-order valence-electron chi connectivity index (χ4n) is 4.73. The number of aliphatic imine (C=N–C) groups is 1. The monoisotopic (exact) mass is 514 g/mol. The van der Waals surface area contributed by atoms with Gasteiger partial charge in [0.15, 0.2) is 0 Å². The second-order valence-electron chi connectivity index (χ2n) is 9.31. The molecule has 0 aromatic heterocycles. The van der Waals surface area contributed by atoms with Crippen molar-refractivity contribution in [2.24, 2.45) is 16.3 Å². The summed E-state index contributed by atoms with van der Waals surface area (Å²) in [4.78, 5) is 29.8. The summed E-state index contributed by atoms with van der Waals surface area (Å²) in [5.41, 5.74) is -0.754. The number of benzene rings is 1. The van der Waals surface area contributed by atoms with E-state index in [2.05, 4.69) is 28.4 Å². The SMILES string of the molecule is C=N/C(=C\C(=C(/C)F)c1ccc(F)cc1OC)NC(=O)[C@H]1CCC[C@@H](NC(=O)C2(C#N)CCOCC2)C1. The molecule has 2 atom stereocenters. The van der Waals surface area contributed by atoms with Crippen LogP contribution >= 0.6 is 0 Å². The first kappa shape index (κ1) is 28.0. The highest BCUT2D eigenvalue weighted by atomic mass is 19.1. The lowest BCUT2D eigenvalue weighted by Crippen LogP contribution is -2.49. The van der Waals surface area contributed by atoms with Gasteiger partial charge in [0.25, 0.3) is 0 Å². The quantitative estimate of drug-likeness (QED) is 0.399. The normalized spacial score (nSPS) is 22.2. The zero-order chi connectivity index (χ0) is 27.0. The molecule has 10 heteroatoms. The zero-order valence-corrected chi connectivity index (χ0v) is 21.1. The molecular formula is C27H32F2N4O4. The smallest absolute Gasteiger partial charge is 0.240 e. The van der Waals surface area contributed by atoms with Crippen LogP contribution in [0.1, 0.15) is 51.0 Å².